The fourth-order valence-electron chi connectivity index (χ4n) is 1.86. The molecule has 2 rings (SSSR count). The number of hydrogen-bond donors (Lipinski definition) is 2. The van der Waals surface area contributed by atoms with Gasteiger partial charge in [-0.3, -0.25) is 4.79 Å². The van der Waals surface area contributed by atoms with Crippen LogP contribution in [0.3, 0.4) is 0 Å². The number of aromatic nitrogens is 2. The van der Waals surface area contributed by atoms with Crippen molar-refractivity contribution < 1.29 is 19.2 Å². The van der Waals surface area contributed by atoms with Crippen LogP contribution in [0.25, 0.3) is 0 Å². The second kappa shape index (κ2) is 5.35. The van der Waals surface area contributed by atoms with Gasteiger partial charge in [0, 0.05) is 7.05 Å². The Bertz CT molecular complexity index is 481. The predicted molar refractivity (Wildman–Crippen MR) is 63.5 cm³/mol. The quantitative estimate of drug-likeness (QED) is 0.793. The van der Waals surface area contributed by atoms with Crippen LogP contribution >= 0.6 is 0 Å². The van der Waals surface area contributed by atoms with Crippen LogP contribution in [0.1, 0.15) is 42.3 Å². The van der Waals surface area contributed by atoms with Crippen LogP contribution < -0.4 is 5.32 Å². The Morgan fingerprint density at radius 2 is 2.32 bits per heavy atom. The lowest BCUT2D eigenvalue weighted by molar-refractivity contribution is -0.141. The average molecular weight is 268 g/mol. The van der Waals surface area contributed by atoms with Gasteiger partial charge in [-0.1, -0.05) is 5.16 Å². The van der Waals surface area contributed by atoms with E-state index in [4.69, 9.17) is 9.63 Å². The molecule has 1 aromatic heterocycles. The summed E-state index contributed by atoms with van der Waals surface area (Å²) in [5.74, 6) is -1.39. The van der Waals surface area contributed by atoms with Crippen LogP contribution in [0, 0.1) is 0 Å². The summed E-state index contributed by atoms with van der Waals surface area (Å²) in [6.45, 7) is 2.30. The molecule has 0 aromatic carbocycles. The van der Waals surface area contributed by atoms with Gasteiger partial charge >= 0.3 is 5.97 Å². The second-order valence-electron chi connectivity index (χ2n) is 4.54. The van der Waals surface area contributed by atoms with E-state index in [0.29, 0.717) is 5.89 Å². The fourth-order valence-corrected chi connectivity index (χ4v) is 1.86. The molecule has 0 spiro atoms. The standard InChI is InChI=1S/C11H16N4O4/c1-6(11(17)18)15(2)10(16)8-13-9(19-14-8)7-4-3-5-12-7/h6-7,12H,3-5H2,1-2H3,(H,17,18). The molecule has 2 unspecified atom stereocenters. The SMILES string of the molecule is CC(C(=O)O)N(C)C(=O)c1noc(C2CCCN2)n1. The largest absolute Gasteiger partial charge is 0.480 e. The van der Waals surface area contributed by atoms with E-state index in [2.05, 4.69) is 15.5 Å². The first-order valence-corrected chi connectivity index (χ1v) is 6.07. The van der Waals surface area contributed by atoms with Gasteiger partial charge in [-0.05, 0) is 26.3 Å². The van der Waals surface area contributed by atoms with E-state index in [1.807, 2.05) is 0 Å². The Morgan fingerprint density at radius 1 is 1.58 bits per heavy atom. The van der Waals surface area contributed by atoms with E-state index in [1.165, 1.54) is 14.0 Å². The fraction of sp³-hybridized carbons (Fsp3) is 0.636. The molecule has 19 heavy (non-hydrogen) atoms. The van der Waals surface area contributed by atoms with E-state index in [1.54, 1.807) is 0 Å². The summed E-state index contributed by atoms with van der Waals surface area (Å²) in [6.07, 6.45) is 1.91. The topological polar surface area (TPSA) is 109 Å². The number of rotatable bonds is 4. The number of carboxylic acid groups (broad SMARTS) is 1. The predicted octanol–water partition coefficient (Wildman–Crippen LogP) is 0.0392. The monoisotopic (exact) mass is 268 g/mol. The van der Waals surface area contributed by atoms with Gasteiger partial charge in [0.05, 0.1) is 6.04 Å². The zero-order valence-corrected chi connectivity index (χ0v) is 10.8. The van der Waals surface area contributed by atoms with Crippen molar-refractivity contribution in [3.63, 3.8) is 0 Å². The van der Waals surface area contributed by atoms with Crippen molar-refractivity contribution in [2.24, 2.45) is 0 Å². The molecule has 0 radical (unpaired) electrons. The molecule has 0 bridgehead atoms. The van der Waals surface area contributed by atoms with Crippen molar-refractivity contribution in [3.8, 4) is 0 Å². The van der Waals surface area contributed by atoms with Gasteiger partial charge in [-0.25, -0.2) is 4.79 Å². The summed E-state index contributed by atoms with van der Waals surface area (Å²) in [5, 5.41) is 15.7. The van der Waals surface area contributed by atoms with Gasteiger partial charge in [0.15, 0.2) is 0 Å². The number of hydrogen-bond acceptors (Lipinski definition) is 6. The Labute approximate surface area is 109 Å². The number of likely N-dealkylation sites (N-methyl/N-ethyl adjacent to an activating group) is 1. The first kappa shape index (κ1) is 13.5. The lowest BCUT2D eigenvalue weighted by atomic mass is 10.2. The van der Waals surface area contributed by atoms with Crippen LogP contribution in [-0.2, 0) is 4.79 Å². The molecule has 2 atom stereocenters. The number of carbonyl (C=O) groups is 2. The number of carboxylic acids is 1. The van der Waals surface area contributed by atoms with Crippen molar-refractivity contribution >= 4 is 11.9 Å². The van der Waals surface area contributed by atoms with Gasteiger partial charge in [0.1, 0.15) is 6.04 Å². The summed E-state index contributed by atoms with van der Waals surface area (Å²) in [4.78, 5) is 27.9. The summed E-state index contributed by atoms with van der Waals surface area (Å²) >= 11 is 0. The molecule has 1 aliphatic heterocycles. The van der Waals surface area contributed by atoms with Gasteiger partial charge in [-0.15, -0.1) is 0 Å². The molecule has 0 saturated carbocycles. The highest BCUT2D eigenvalue weighted by Crippen LogP contribution is 2.21. The number of carbonyl (C=O) groups excluding carboxylic acids is 1. The molecule has 1 aliphatic rings. The Kier molecular flexibility index (Phi) is 3.79. The van der Waals surface area contributed by atoms with E-state index in [0.717, 1.165) is 24.3 Å². The van der Waals surface area contributed by atoms with Gasteiger partial charge in [0.25, 0.3) is 11.7 Å². The Morgan fingerprint density at radius 3 is 2.89 bits per heavy atom. The third-order valence-corrected chi connectivity index (χ3v) is 3.25. The maximum Gasteiger partial charge on any atom is 0.326 e. The molecule has 2 heterocycles. The van der Waals surface area contributed by atoms with Crippen LogP contribution in [0.5, 0.6) is 0 Å². The molecule has 1 saturated heterocycles. The molecule has 2 N–H and O–H groups in total. The molecular formula is C11H16N4O4. The van der Waals surface area contributed by atoms with E-state index in [9.17, 15) is 9.59 Å². The van der Waals surface area contributed by atoms with Gasteiger partial charge in [0.2, 0.25) is 5.89 Å². The first-order chi connectivity index (χ1) is 9.00. The molecule has 8 heteroatoms. The number of nitrogens with one attached hydrogen (secondary N) is 1. The first-order valence-electron chi connectivity index (χ1n) is 6.07. The van der Waals surface area contributed by atoms with Crippen molar-refractivity contribution in [1.82, 2.24) is 20.4 Å². The summed E-state index contributed by atoms with van der Waals surface area (Å²) < 4.78 is 5.04. The average Bonchev–Trinajstić information content (AvgIpc) is 3.05. The van der Waals surface area contributed by atoms with Crippen LogP contribution in [0.15, 0.2) is 4.52 Å². The minimum absolute atomic E-state index is 0.0174. The highest BCUT2D eigenvalue weighted by molar-refractivity contribution is 5.93. The van der Waals surface area contributed by atoms with Crippen LogP contribution in [0.4, 0.5) is 0 Å². The lowest BCUT2D eigenvalue weighted by Gasteiger charge is -2.19. The molecular weight excluding hydrogens is 252 g/mol. The van der Waals surface area contributed by atoms with E-state index in [-0.39, 0.29) is 11.9 Å². The minimum atomic E-state index is -1.09. The molecule has 1 fully saturated rings. The molecule has 104 valence electrons. The molecule has 1 aromatic rings. The summed E-state index contributed by atoms with van der Waals surface area (Å²) in [6, 6.07) is -0.963. The lowest BCUT2D eigenvalue weighted by Crippen LogP contribution is -2.40. The maximum atomic E-state index is 12.0. The van der Waals surface area contributed by atoms with E-state index < -0.39 is 17.9 Å². The summed E-state index contributed by atoms with van der Waals surface area (Å²) in [7, 11) is 1.39. The summed E-state index contributed by atoms with van der Waals surface area (Å²) in [5.41, 5.74) is 0. The zero-order valence-electron chi connectivity index (χ0n) is 10.8. The Hall–Kier alpha value is -1.96. The van der Waals surface area contributed by atoms with Crippen molar-refractivity contribution in [1.29, 1.82) is 0 Å². The minimum Gasteiger partial charge on any atom is -0.480 e. The molecule has 8 nitrogen and oxygen atoms in total. The van der Waals surface area contributed by atoms with Crippen LogP contribution in [-0.4, -0.2) is 51.7 Å². The highest BCUT2D eigenvalue weighted by atomic mass is 16.5. The number of amides is 1. The third-order valence-electron chi connectivity index (χ3n) is 3.25. The Balaban J connectivity index is 2.09. The van der Waals surface area contributed by atoms with Gasteiger partial charge in [-0.2, -0.15) is 4.98 Å². The second-order valence-corrected chi connectivity index (χ2v) is 4.54. The smallest absolute Gasteiger partial charge is 0.326 e. The van der Waals surface area contributed by atoms with Crippen molar-refractivity contribution in [2.75, 3.05) is 13.6 Å². The zero-order chi connectivity index (χ0) is 14.0. The van der Waals surface area contributed by atoms with Crippen molar-refractivity contribution in [3.05, 3.63) is 11.7 Å². The van der Waals surface area contributed by atoms with E-state index >= 15 is 0 Å². The maximum absolute atomic E-state index is 12.0. The highest BCUT2D eigenvalue weighted by Gasteiger charge is 2.28. The van der Waals surface area contributed by atoms with Gasteiger partial charge < -0.3 is 19.8 Å². The van der Waals surface area contributed by atoms with Crippen LogP contribution in [0.2, 0.25) is 0 Å². The number of aliphatic carboxylic acids is 1. The molecule has 1 amide bonds. The van der Waals surface area contributed by atoms with Crippen molar-refractivity contribution in [2.45, 2.75) is 31.8 Å². The third kappa shape index (κ3) is 2.73. The molecule has 0 aliphatic carbocycles. The number of nitrogens with zero attached hydrogens (tertiary/aromatic N) is 3. The normalized spacial score (nSPS) is 20.2.